The van der Waals surface area contributed by atoms with E-state index in [1.165, 1.54) is 11.3 Å². The van der Waals surface area contributed by atoms with Crippen LogP contribution in [0.4, 0.5) is 0 Å². The smallest absolute Gasteiger partial charge is 0.265 e. The number of Topliss-reactive ketones (excluding diaryl/α,β-unsaturated/α-hetero) is 1. The molecule has 14 heteroatoms. The molecule has 5 aromatic heterocycles. The van der Waals surface area contributed by atoms with Crippen molar-refractivity contribution in [2.75, 3.05) is 5.75 Å². The number of pyridine rings is 2. The van der Waals surface area contributed by atoms with Gasteiger partial charge in [0, 0.05) is 66.8 Å². The molecule has 236 valence electrons. The number of hydrogen-bond donors (Lipinski definition) is 1. The largest absolute Gasteiger partial charge is 0.299 e. The minimum Gasteiger partial charge on any atom is -0.299 e. The number of aryl methyl sites for hydroxylation is 1. The van der Waals surface area contributed by atoms with Gasteiger partial charge < -0.3 is 0 Å². The Morgan fingerprint density at radius 1 is 1.07 bits per heavy atom. The summed E-state index contributed by atoms with van der Waals surface area (Å²) in [6, 6.07) is 12.3. The monoisotopic (exact) mass is 656 g/mol. The van der Waals surface area contributed by atoms with E-state index in [1.54, 1.807) is 10.9 Å². The van der Waals surface area contributed by atoms with Crippen molar-refractivity contribution in [1.82, 2.24) is 39.6 Å². The van der Waals surface area contributed by atoms with Gasteiger partial charge in [-0.2, -0.15) is 23.1 Å². The van der Waals surface area contributed by atoms with Crippen LogP contribution >= 0.6 is 11.3 Å². The fourth-order valence-corrected chi connectivity index (χ4v) is 9.14. The SMILES string of the molecule is CC1(C)[C@H]2CC[C@]1(CS(=O)(=O)O)C(=O)C2.Cn1cc(-c2cnc3ccc(Cc4nnc5sc(-c6cccnc6)nn45)cc3c2)cn1. The first-order chi connectivity index (χ1) is 21.9. The maximum absolute atomic E-state index is 11.9. The highest BCUT2D eigenvalue weighted by molar-refractivity contribution is 7.85. The van der Waals surface area contributed by atoms with Gasteiger partial charge in [0.05, 0.1) is 22.9 Å². The fourth-order valence-electron chi connectivity index (χ4n) is 6.99. The third-order valence-corrected chi connectivity index (χ3v) is 11.5. The molecule has 0 radical (unpaired) electrons. The molecule has 2 aliphatic rings. The van der Waals surface area contributed by atoms with E-state index in [0.29, 0.717) is 19.3 Å². The maximum Gasteiger partial charge on any atom is 0.265 e. The van der Waals surface area contributed by atoms with Crippen LogP contribution in [0.15, 0.2) is 67.4 Å². The minimum absolute atomic E-state index is 0.0152. The van der Waals surface area contributed by atoms with Gasteiger partial charge in [-0.1, -0.05) is 31.3 Å². The average Bonchev–Trinajstić information content (AvgIpc) is 3.81. The third kappa shape index (κ3) is 5.39. The van der Waals surface area contributed by atoms with Crippen molar-refractivity contribution in [2.24, 2.45) is 23.8 Å². The Balaban J connectivity index is 0.000000190. The number of fused-ring (bicyclic) bond motifs is 4. The minimum atomic E-state index is -4.08. The van der Waals surface area contributed by atoms with Crippen LogP contribution in [-0.2, 0) is 28.4 Å². The van der Waals surface area contributed by atoms with Crippen molar-refractivity contribution in [3.05, 3.63) is 78.8 Å². The van der Waals surface area contributed by atoms with Gasteiger partial charge in [0.15, 0.2) is 5.82 Å². The van der Waals surface area contributed by atoms with E-state index in [2.05, 4.69) is 43.5 Å². The highest BCUT2D eigenvalue weighted by Crippen LogP contribution is 2.64. The lowest BCUT2D eigenvalue weighted by Gasteiger charge is -2.35. The van der Waals surface area contributed by atoms with Gasteiger partial charge >= 0.3 is 0 Å². The van der Waals surface area contributed by atoms with Crippen LogP contribution in [0, 0.1) is 16.7 Å². The summed E-state index contributed by atoms with van der Waals surface area (Å²) in [5.41, 5.74) is 4.03. The lowest BCUT2D eigenvalue weighted by Crippen LogP contribution is -2.42. The van der Waals surface area contributed by atoms with E-state index in [-0.39, 0.29) is 17.1 Å². The van der Waals surface area contributed by atoms with E-state index in [9.17, 15) is 13.2 Å². The number of rotatable bonds is 6. The Morgan fingerprint density at radius 3 is 2.59 bits per heavy atom. The first-order valence-corrected chi connectivity index (χ1v) is 17.3. The first-order valence-electron chi connectivity index (χ1n) is 14.9. The topological polar surface area (TPSA) is 158 Å². The summed E-state index contributed by atoms with van der Waals surface area (Å²) in [4.78, 5) is 21.4. The second-order valence-corrected chi connectivity index (χ2v) is 15.1. The van der Waals surface area contributed by atoms with Crippen LogP contribution < -0.4 is 0 Å². The van der Waals surface area contributed by atoms with Gasteiger partial charge in [-0.3, -0.25) is 24.0 Å². The number of carbonyl (C=O) groups excluding carboxylic acids is 1. The van der Waals surface area contributed by atoms with E-state index in [1.807, 2.05) is 68.4 Å². The molecule has 2 aliphatic carbocycles. The quantitative estimate of drug-likeness (QED) is 0.240. The van der Waals surface area contributed by atoms with Gasteiger partial charge in [0.2, 0.25) is 4.96 Å². The summed E-state index contributed by atoms with van der Waals surface area (Å²) < 4.78 is 34.6. The van der Waals surface area contributed by atoms with Gasteiger partial charge in [-0.05, 0) is 60.1 Å². The highest BCUT2D eigenvalue weighted by Gasteiger charge is 2.65. The molecule has 0 saturated heterocycles. The molecule has 2 atom stereocenters. The van der Waals surface area contributed by atoms with Crippen molar-refractivity contribution >= 4 is 43.1 Å². The van der Waals surface area contributed by atoms with Gasteiger partial charge in [-0.15, -0.1) is 10.2 Å². The Hall–Kier alpha value is -4.40. The molecule has 2 saturated carbocycles. The maximum atomic E-state index is 11.9. The van der Waals surface area contributed by atoms with Crippen molar-refractivity contribution in [2.45, 2.75) is 39.5 Å². The van der Waals surface area contributed by atoms with E-state index >= 15 is 0 Å². The molecule has 8 rings (SSSR count). The Morgan fingerprint density at radius 2 is 1.91 bits per heavy atom. The Bertz CT molecular complexity index is 2210. The molecule has 0 aliphatic heterocycles. The van der Waals surface area contributed by atoms with Crippen molar-refractivity contribution < 1.29 is 17.8 Å². The first kappa shape index (κ1) is 30.3. The molecular weight excluding hydrogens is 625 g/mol. The van der Waals surface area contributed by atoms with E-state index < -0.39 is 21.3 Å². The summed E-state index contributed by atoms with van der Waals surface area (Å²) >= 11 is 1.51. The van der Waals surface area contributed by atoms with Crippen LogP contribution in [0.1, 0.15) is 44.5 Å². The third-order valence-electron chi connectivity index (χ3n) is 9.68. The van der Waals surface area contributed by atoms with Crippen LogP contribution in [0.5, 0.6) is 0 Å². The van der Waals surface area contributed by atoms with Crippen LogP contribution in [0.25, 0.3) is 37.6 Å². The molecule has 46 heavy (non-hydrogen) atoms. The second kappa shape index (κ2) is 11.1. The number of ketones is 1. The zero-order chi connectivity index (χ0) is 32.3. The van der Waals surface area contributed by atoms with Crippen molar-refractivity contribution in [3.8, 4) is 21.7 Å². The number of nitrogens with zero attached hydrogens (tertiary/aromatic N) is 8. The van der Waals surface area contributed by atoms with Gasteiger partial charge in [0.1, 0.15) is 10.8 Å². The van der Waals surface area contributed by atoms with Crippen LogP contribution in [0.3, 0.4) is 0 Å². The number of aromatic nitrogens is 8. The van der Waals surface area contributed by atoms with E-state index in [4.69, 9.17) is 9.65 Å². The lowest BCUT2D eigenvalue weighted by atomic mass is 9.70. The van der Waals surface area contributed by atoms with Gasteiger partial charge in [0.25, 0.3) is 10.1 Å². The molecule has 0 unspecified atom stereocenters. The number of hydrogen-bond acceptors (Lipinski definition) is 10. The predicted octanol–water partition coefficient (Wildman–Crippen LogP) is 5.06. The molecule has 1 N–H and O–H groups in total. The molecule has 1 aromatic carbocycles. The summed E-state index contributed by atoms with van der Waals surface area (Å²) in [6.45, 7) is 3.89. The summed E-state index contributed by atoms with van der Waals surface area (Å²) in [7, 11) is -2.17. The van der Waals surface area contributed by atoms with E-state index in [0.717, 1.165) is 55.4 Å². The summed E-state index contributed by atoms with van der Waals surface area (Å²) in [5.74, 6) is 0.702. The Kier molecular flexibility index (Phi) is 7.33. The molecule has 12 nitrogen and oxygen atoms in total. The van der Waals surface area contributed by atoms with Crippen LogP contribution in [0.2, 0.25) is 0 Å². The number of benzene rings is 1. The van der Waals surface area contributed by atoms with Crippen molar-refractivity contribution in [3.63, 3.8) is 0 Å². The standard InChI is InChI=1S/C22H16N8S.C10H16O4S/c1-29-13-18(12-25-29)17-9-16-7-14(4-5-19(16)24-11-17)8-20-26-27-22-30(20)28-21(31-22)15-3-2-6-23-10-15;1-9(2)7-3-4-10(9,8(11)5-7)6-15(12,13)14/h2-7,9-13H,8H2,1H3;7H,3-6H2,1-2H3,(H,12,13,14)/t;7-,10-/m.0/s1. The zero-order valence-electron chi connectivity index (χ0n) is 25.5. The molecule has 0 amide bonds. The van der Waals surface area contributed by atoms with Crippen LogP contribution in [-0.4, -0.2) is 64.1 Å². The molecular formula is C32H32N8O4S2. The second-order valence-electron chi connectivity index (χ2n) is 12.7. The average molecular weight is 657 g/mol. The fraction of sp³-hybridized carbons (Fsp3) is 0.344. The number of carbonyl (C=O) groups is 1. The molecule has 6 aromatic rings. The highest BCUT2D eigenvalue weighted by atomic mass is 32.2. The zero-order valence-corrected chi connectivity index (χ0v) is 27.2. The van der Waals surface area contributed by atoms with Crippen molar-refractivity contribution in [1.29, 1.82) is 0 Å². The normalized spacial score (nSPS) is 20.3. The molecule has 2 bridgehead atoms. The summed E-state index contributed by atoms with van der Waals surface area (Å²) in [6.07, 6.45) is 11.9. The predicted molar refractivity (Wildman–Crippen MR) is 174 cm³/mol. The molecule has 0 spiro atoms. The Labute approximate surface area is 269 Å². The molecule has 2 fully saturated rings. The summed E-state index contributed by atoms with van der Waals surface area (Å²) in [5, 5.41) is 19.6. The van der Waals surface area contributed by atoms with Gasteiger partial charge in [-0.25, -0.2) is 0 Å². The molecule has 5 heterocycles. The lowest BCUT2D eigenvalue weighted by molar-refractivity contribution is -0.128.